The molecule has 0 aliphatic carbocycles. The monoisotopic (exact) mass is 189 g/mol. The number of rotatable bonds is 3. The quantitative estimate of drug-likeness (QED) is 0.533. The largest absolute Gasteiger partial charge is 0.457 e. The van der Waals surface area contributed by atoms with Crippen LogP contribution in [0.4, 0.5) is 22.0 Å². The molecule has 0 saturated heterocycles. The van der Waals surface area contributed by atoms with Crippen molar-refractivity contribution in [3.63, 3.8) is 0 Å². The highest BCUT2D eigenvalue weighted by molar-refractivity contribution is 5.11. The first-order valence-electron chi connectivity index (χ1n) is 3.06. The highest BCUT2D eigenvalue weighted by atomic mass is 19.4. The van der Waals surface area contributed by atoms with E-state index in [1.807, 2.05) is 0 Å². The molecule has 0 aliphatic rings. The molecule has 0 heterocycles. The number of hydrogen-bond acceptors (Lipinski definition) is 1. The van der Waals surface area contributed by atoms with Crippen molar-refractivity contribution in [1.29, 1.82) is 0 Å². The van der Waals surface area contributed by atoms with E-state index in [1.54, 1.807) is 0 Å². The van der Waals surface area contributed by atoms with Gasteiger partial charge < -0.3 is 5.73 Å². The minimum Gasteiger partial charge on any atom is -0.330 e. The Hall–Kier alpha value is -0.650. The Bertz CT molecular complexity index is 171. The van der Waals surface area contributed by atoms with Gasteiger partial charge >= 0.3 is 12.1 Å². The molecule has 0 aromatic heterocycles. The van der Waals surface area contributed by atoms with Gasteiger partial charge in [-0.05, 0) is 13.0 Å². The molecule has 2 N–H and O–H groups in total. The maximum Gasteiger partial charge on any atom is 0.457 e. The predicted octanol–water partition coefficient (Wildman–Crippen LogP) is 2.09. The van der Waals surface area contributed by atoms with Crippen LogP contribution in [0.3, 0.4) is 0 Å². The molecule has 72 valence electrons. The maximum absolute atomic E-state index is 12.2. The average molecular weight is 189 g/mol. The maximum atomic E-state index is 12.2. The summed E-state index contributed by atoms with van der Waals surface area (Å²) >= 11 is 0. The smallest absolute Gasteiger partial charge is 0.330 e. The number of alkyl halides is 5. The van der Waals surface area contributed by atoms with E-state index in [4.69, 9.17) is 5.73 Å². The normalized spacial score (nSPS) is 13.2. The van der Waals surface area contributed by atoms with Gasteiger partial charge in [0.1, 0.15) is 0 Å². The van der Waals surface area contributed by atoms with Crippen LogP contribution in [0.2, 0.25) is 0 Å². The summed E-state index contributed by atoms with van der Waals surface area (Å²) in [6, 6.07) is 0. The number of hydrogen-bond donors (Lipinski definition) is 1. The summed E-state index contributed by atoms with van der Waals surface area (Å²) in [5.74, 6) is -4.83. The van der Waals surface area contributed by atoms with Crippen molar-refractivity contribution >= 4 is 0 Å². The molecule has 0 unspecified atom stereocenters. The highest BCUT2D eigenvalue weighted by Gasteiger charge is 2.58. The third kappa shape index (κ3) is 2.17. The molecular formula is C6H8F5N. The average Bonchev–Trinajstić information content (AvgIpc) is 1.85. The molecular weight excluding hydrogens is 181 g/mol. The topological polar surface area (TPSA) is 26.0 Å². The molecule has 0 aliphatic heterocycles. The molecule has 0 bridgehead atoms. The molecule has 0 amide bonds. The van der Waals surface area contributed by atoms with E-state index in [1.165, 1.54) is 0 Å². The lowest BCUT2D eigenvalue weighted by molar-refractivity contribution is -0.264. The zero-order valence-electron chi connectivity index (χ0n) is 6.09. The van der Waals surface area contributed by atoms with E-state index in [0.717, 1.165) is 0 Å². The second kappa shape index (κ2) is 3.38. The third-order valence-electron chi connectivity index (χ3n) is 1.25. The first-order valence-corrected chi connectivity index (χ1v) is 3.06. The van der Waals surface area contributed by atoms with Gasteiger partial charge in [-0.3, -0.25) is 0 Å². The van der Waals surface area contributed by atoms with Crippen molar-refractivity contribution in [3.05, 3.63) is 12.2 Å². The summed E-state index contributed by atoms with van der Waals surface area (Å²) in [4.78, 5) is 0. The lowest BCUT2D eigenvalue weighted by Gasteiger charge is -2.21. The lowest BCUT2D eigenvalue weighted by Crippen LogP contribution is -2.38. The van der Waals surface area contributed by atoms with Gasteiger partial charge in [0, 0.05) is 5.57 Å². The van der Waals surface area contributed by atoms with Crippen molar-refractivity contribution < 1.29 is 22.0 Å². The fourth-order valence-electron chi connectivity index (χ4n) is 0.532. The van der Waals surface area contributed by atoms with Gasteiger partial charge in [-0.2, -0.15) is 22.0 Å². The summed E-state index contributed by atoms with van der Waals surface area (Å²) in [5.41, 5.74) is 3.61. The minimum absolute atomic E-state index is 0.273. The molecule has 0 saturated carbocycles. The van der Waals surface area contributed by atoms with Crippen LogP contribution < -0.4 is 5.73 Å². The summed E-state index contributed by atoms with van der Waals surface area (Å²) in [6.45, 7) is 2.36. The van der Waals surface area contributed by atoms with E-state index in [2.05, 4.69) is 6.58 Å². The van der Waals surface area contributed by atoms with Gasteiger partial charge in [-0.25, -0.2) is 0 Å². The molecule has 0 rings (SSSR count). The van der Waals surface area contributed by atoms with Gasteiger partial charge in [0.05, 0.1) is 0 Å². The van der Waals surface area contributed by atoms with E-state index in [-0.39, 0.29) is 6.54 Å². The summed E-state index contributed by atoms with van der Waals surface area (Å²) in [5, 5.41) is 0. The van der Waals surface area contributed by atoms with E-state index >= 15 is 0 Å². The standard InChI is InChI=1S/C6H8F5N/c1-4(2-3-12)5(7,8)6(9,10)11/h1-3,12H2. The van der Waals surface area contributed by atoms with Crippen molar-refractivity contribution in [2.24, 2.45) is 5.73 Å². The van der Waals surface area contributed by atoms with Gasteiger partial charge in [-0.15, -0.1) is 0 Å². The molecule has 0 atom stereocenters. The molecule has 0 fully saturated rings. The molecule has 6 heteroatoms. The summed E-state index contributed by atoms with van der Waals surface area (Å²) in [7, 11) is 0. The lowest BCUT2D eigenvalue weighted by atomic mass is 10.1. The van der Waals surface area contributed by atoms with Crippen LogP contribution in [-0.4, -0.2) is 18.6 Å². The second-order valence-corrected chi connectivity index (χ2v) is 2.21. The third-order valence-corrected chi connectivity index (χ3v) is 1.25. The van der Waals surface area contributed by atoms with Crippen LogP contribution in [0, 0.1) is 0 Å². The van der Waals surface area contributed by atoms with Gasteiger partial charge in [-0.1, -0.05) is 6.58 Å². The van der Waals surface area contributed by atoms with Crippen LogP contribution in [0.25, 0.3) is 0 Å². The van der Waals surface area contributed by atoms with E-state index < -0.39 is 24.1 Å². The Morgan fingerprint density at radius 1 is 1.17 bits per heavy atom. The Kier molecular flexibility index (Phi) is 3.20. The van der Waals surface area contributed by atoms with Crippen LogP contribution in [-0.2, 0) is 0 Å². The van der Waals surface area contributed by atoms with Crippen molar-refractivity contribution in [2.75, 3.05) is 6.54 Å². The van der Waals surface area contributed by atoms with Gasteiger partial charge in [0.15, 0.2) is 0 Å². The molecule has 12 heavy (non-hydrogen) atoms. The van der Waals surface area contributed by atoms with Gasteiger partial charge in [0.2, 0.25) is 0 Å². The Morgan fingerprint density at radius 2 is 1.58 bits per heavy atom. The van der Waals surface area contributed by atoms with E-state index in [0.29, 0.717) is 0 Å². The van der Waals surface area contributed by atoms with Crippen LogP contribution in [0.15, 0.2) is 12.2 Å². The van der Waals surface area contributed by atoms with Crippen LogP contribution in [0.5, 0.6) is 0 Å². The minimum atomic E-state index is -5.57. The highest BCUT2D eigenvalue weighted by Crippen LogP contribution is 2.41. The molecule has 0 spiro atoms. The Balaban J connectivity index is 4.50. The first kappa shape index (κ1) is 11.4. The molecule has 0 radical (unpaired) electrons. The zero-order valence-corrected chi connectivity index (χ0v) is 6.09. The molecule has 0 aromatic rings. The Morgan fingerprint density at radius 3 is 1.83 bits per heavy atom. The van der Waals surface area contributed by atoms with Crippen LogP contribution >= 0.6 is 0 Å². The second-order valence-electron chi connectivity index (χ2n) is 2.21. The van der Waals surface area contributed by atoms with Crippen molar-refractivity contribution in [2.45, 2.75) is 18.5 Å². The first-order chi connectivity index (χ1) is 5.23. The molecule has 0 aromatic carbocycles. The van der Waals surface area contributed by atoms with Crippen molar-refractivity contribution in [3.8, 4) is 0 Å². The van der Waals surface area contributed by atoms with Gasteiger partial charge in [0.25, 0.3) is 0 Å². The van der Waals surface area contributed by atoms with Crippen molar-refractivity contribution in [1.82, 2.24) is 0 Å². The van der Waals surface area contributed by atoms with E-state index in [9.17, 15) is 22.0 Å². The zero-order chi connectivity index (χ0) is 9.99. The number of halogens is 5. The SMILES string of the molecule is C=C(CCN)C(F)(F)C(F)(F)F. The summed E-state index contributed by atoms with van der Waals surface area (Å²) in [6.07, 6.45) is -6.11. The van der Waals surface area contributed by atoms with Crippen LogP contribution in [0.1, 0.15) is 6.42 Å². The fourth-order valence-corrected chi connectivity index (χ4v) is 0.532. The fraction of sp³-hybridized carbons (Fsp3) is 0.667. The number of nitrogens with two attached hydrogens (primary N) is 1. The Labute approximate surface area is 66.0 Å². The summed E-state index contributed by atoms with van der Waals surface area (Å²) < 4.78 is 59.1. The predicted molar refractivity (Wildman–Crippen MR) is 33.8 cm³/mol. The molecule has 1 nitrogen and oxygen atoms in total.